The van der Waals surface area contributed by atoms with E-state index >= 15 is 0 Å². The first-order valence-electron chi connectivity index (χ1n) is 9.95. The molecule has 0 aromatic heterocycles. The third-order valence-electron chi connectivity index (χ3n) is 5.92. The van der Waals surface area contributed by atoms with Crippen molar-refractivity contribution in [3.05, 3.63) is 64.5 Å². The van der Waals surface area contributed by atoms with E-state index in [-0.39, 0.29) is 48.9 Å². The van der Waals surface area contributed by atoms with Gasteiger partial charge in [-0.1, -0.05) is 6.07 Å². The van der Waals surface area contributed by atoms with Crippen LogP contribution in [0.15, 0.2) is 36.4 Å². The smallest absolute Gasteiger partial charge is 0.345 e. The number of fused-ring (bicyclic) bond motifs is 1. The normalized spacial score (nSPS) is 20.6. The molecule has 0 unspecified atom stereocenters. The Morgan fingerprint density at radius 2 is 1.78 bits per heavy atom. The van der Waals surface area contributed by atoms with Crippen molar-refractivity contribution in [2.45, 2.75) is 43.8 Å². The van der Waals surface area contributed by atoms with Crippen molar-refractivity contribution in [1.29, 1.82) is 0 Å². The fraction of sp³-hybridized carbons (Fsp3) is 0.364. The van der Waals surface area contributed by atoms with Gasteiger partial charge in [0.2, 0.25) is 5.92 Å². The fourth-order valence-electron chi connectivity index (χ4n) is 4.33. The van der Waals surface area contributed by atoms with Crippen LogP contribution in [0.1, 0.15) is 63.6 Å². The Morgan fingerprint density at radius 3 is 2.44 bits per heavy atom. The van der Waals surface area contributed by atoms with E-state index in [4.69, 9.17) is 0 Å². The topological polar surface area (TPSA) is 58.2 Å². The van der Waals surface area contributed by atoms with Gasteiger partial charge >= 0.3 is 6.18 Å². The van der Waals surface area contributed by atoms with Gasteiger partial charge in [-0.3, -0.25) is 9.59 Å². The summed E-state index contributed by atoms with van der Waals surface area (Å²) in [4.78, 5) is 25.1. The van der Waals surface area contributed by atoms with Crippen molar-refractivity contribution in [2.24, 2.45) is 5.92 Å². The van der Waals surface area contributed by atoms with Crippen molar-refractivity contribution in [3.63, 3.8) is 0 Å². The Balaban J connectivity index is 1.64. The zero-order valence-corrected chi connectivity index (χ0v) is 16.5. The van der Waals surface area contributed by atoms with Gasteiger partial charge in [-0.15, -0.1) is 0 Å². The Kier molecular flexibility index (Phi) is 5.42. The average Bonchev–Trinajstić information content (AvgIpc) is 3.04. The van der Waals surface area contributed by atoms with Crippen molar-refractivity contribution in [3.8, 4) is 0 Å². The second kappa shape index (κ2) is 7.83. The molecule has 4 rings (SSSR count). The first-order valence-corrected chi connectivity index (χ1v) is 9.95. The minimum Gasteiger partial charge on any atom is -0.345 e. The number of alkyl halides is 5. The summed E-state index contributed by atoms with van der Waals surface area (Å²) in [5.74, 6) is -5.69. The lowest BCUT2D eigenvalue weighted by molar-refractivity contribution is -0.137. The first-order chi connectivity index (χ1) is 14.9. The minimum atomic E-state index is -4.84. The minimum absolute atomic E-state index is 0.158. The molecule has 2 aromatic carbocycles. The Labute approximate surface area is 179 Å². The molecule has 10 heteroatoms. The molecular formula is C22H18F6N2O2. The monoisotopic (exact) mass is 456 g/mol. The van der Waals surface area contributed by atoms with E-state index in [9.17, 15) is 35.9 Å². The summed E-state index contributed by atoms with van der Waals surface area (Å²) < 4.78 is 79.8. The van der Waals surface area contributed by atoms with E-state index in [0.717, 1.165) is 0 Å². The maximum atomic E-state index is 13.7. The summed E-state index contributed by atoms with van der Waals surface area (Å²) in [6.45, 7) is 0. The predicted molar refractivity (Wildman–Crippen MR) is 103 cm³/mol. The number of carbonyl (C=O) groups is 2. The summed E-state index contributed by atoms with van der Waals surface area (Å²) >= 11 is 0. The molecule has 2 aliphatic rings. The molecule has 1 atom stereocenters. The average molecular weight is 456 g/mol. The highest BCUT2D eigenvalue weighted by molar-refractivity contribution is 6.07. The molecule has 0 radical (unpaired) electrons. The number of anilines is 1. The molecule has 2 N–H and O–H groups in total. The Hall–Kier alpha value is -3.04. The summed E-state index contributed by atoms with van der Waals surface area (Å²) in [6.07, 6.45) is -5.15. The molecule has 32 heavy (non-hydrogen) atoms. The number of benzene rings is 2. The Morgan fingerprint density at radius 1 is 1.09 bits per heavy atom. The summed E-state index contributed by atoms with van der Waals surface area (Å²) in [5, 5.41) is 5.22. The number of nitrogens with one attached hydrogen (secondary N) is 2. The van der Waals surface area contributed by atoms with Gasteiger partial charge in [-0.2, -0.15) is 13.2 Å². The van der Waals surface area contributed by atoms with Crippen LogP contribution in [0.3, 0.4) is 0 Å². The standard InChI is InChI=1S/C22H18F6N2O2/c23-14-9-12(8-13(10-14)22(26,27)28)19(31)29-16-3-1-2-15-17(16)18(30-20(15)32)11-4-6-21(24,25)7-5-11/h1-3,8-11,18H,4-7H2,(H,29,31)(H,30,32)/t18-/m0/s1. The van der Waals surface area contributed by atoms with Gasteiger partial charge in [-0.25, -0.2) is 13.2 Å². The van der Waals surface area contributed by atoms with Crippen LogP contribution >= 0.6 is 0 Å². The van der Waals surface area contributed by atoms with E-state index in [1.165, 1.54) is 18.2 Å². The van der Waals surface area contributed by atoms with E-state index in [1.807, 2.05) is 0 Å². The number of rotatable bonds is 3. The van der Waals surface area contributed by atoms with Gasteiger partial charge in [0.1, 0.15) is 5.82 Å². The van der Waals surface area contributed by atoms with E-state index in [1.54, 1.807) is 0 Å². The predicted octanol–water partition coefficient (Wildman–Crippen LogP) is 5.71. The lowest BCUT2D eigenvalue weighted by Gasteiger charge is -2.32. The molecule has 1 saturated carbocycles. The molecule has 2 amide bonds. The van der Waals surface area contributed by atoms with Crippen LogP contribution in [-0.2, 0) is 6.18 Å². The van der Waals surface area contributed by atoms with Crippen molar-refractivity contribution >= 4 is 17.5 Å². The van der Waals surface area contributed by atoms with Crippen LogP contribution in [0.2, 0.25) is 0 Å². The van der Waals surface area contributed by atoms with Crippen LogP contribution in [-0.4, -0.2) is 17.7 Å². The lowest BCUT2D eigenvalue weighted by Crippen LogP contribution is -2.32. The van der Waals surface area contributed by atoms with Crippen LogP contribution < -0.4 is 10.6 Å². The summed E-state index contributed by atoms with van der Waals surface area (Å²) in [6, 6.07) is 5.34. The van der Waals surface area contributed by atoms with Crippen LogP contribution in [0, 0.1) is 11.7 Å². The van der Waals surface area contributed by atoms with Crippen LogP contribution in [0.25, 0.3) is 0 Å². The largest absolute Gasteiger partial charge is 0.416 e. The molecule has 1 aliphatic heterocycles. The molecule has 1 aliphatic carbocycles. The molecule has 1 fully saturated rings. The highest BCUT2D eigenvalue weighted by atomic mass is 19.4. The highest BCUT2D eigenvalue weighted by Gasteiger charge is 2.42. The second-order valence-electron chi connectivity index (χ2n) is 8.09. The first kappa shape index (κ1) is 22.2. The van der Waals surface area contributed by atoms with E-state index in [2.05, 4.69) is 10.6 Å². The van der Waals surface area contributed by atoms with Gasteiger partial charge in [0.05, 0.1) is 11.6 Å². The number of hydrogen-bond donors (Lipinski definition) is 2. The molecule has 170 valence electrons. The maximum Gasteiger partial charge on any atom is 0.416 e. The van der Waals surface area contributed by atoms with Gasteiger partial charge in [0.25, 0.3) is 11.8 Å². The lowest BCUT2D eigenvalue weighted by atomic mass is 9.79. The summed E-state index contributed by atoms with van der Waals surface area (Å²) in [7, 11) is 0. The number of hydrogen-bond acceptors (Lipinski definition) is 2. The van der Waals surface area contributed by atoms with Gasteiger partial charge in [0.15, 0.2) is 0 Å². The van der Waals surface area contributed by atoms with Crippen molar-refractivity contribution in [1.82, 2.24) is 5.32 Å². The SMILES string of the molecule is O=C(Nc1cccc2c1[C@H](C1CCC(F)(F)CC1)NC2=O)c1cc(F)cc(C(F)(F)F)c1. The third-order valence-corrected chi connectivity index (χ3v) is 5.92. The Bertz CT molecular complexity index is 1070. The molecular weight excluding hydrogens is 438 g/mol. The number of halogens is 6. The van der Waals surface area contributed by atoms with E-state index < -0.39 is 46.9 Å². The second-order valence-corrected chi connectivity index (χ2v) is 8.09. The molecule has 0 saturated heterocycles. The molecule has 0 bridgehead atoms. The molecule has 0 spiro atoms. The van der Waals surface area contributed by atoms with Crippen LogP contribution in [0.5, 0.6) is 0 Å². The van der Waals surface area contributed by atoms with Crippen molar-refractivity contribution < 1.29 is 35.9 Å². The van der Waals surface area contributed by atoms with Crippen molar-refractivity contribution in [2.75, 3.05) is 5.32 Å². The van der Waals surface area contributed by atoms with Crippen LogP contribution in [0.4, 0.5) is 32.0 Å². The maximum absolute atomic E-state index is 13.7. The highest BCUT2D eigenvalue weighted by Crippen LogP contribution is 2.45. The van der Waals surface area contributed by atoms with Gasteiger partial charge in [-0.05, 0) is 49.1 Å². The quantitative estimate of drug-likeness (QED) is 0.582. The van der Waals surface area contributed by atoms with E-state index in [0.29, 0.717) is 17.7 Å². The third kappa shape index (κ3) is 4.31. The summed E-state index contributed by atoms with van der Waals surface area (Å²) in [5.41, 5.74) is -1.04. The number of carbonyl (C=O) groups excluding carboxylic acids is 2. The molecule has 2 aromatic rings. The van der Waals surface area contributed by atoms with Gasteiger partial charge < -0.3 is 10.6 Å². The zero-order chi connectivity index (χ0) is 23.3. The van der Waals surface area contributed by atoms with Gasteiger partial charge in [0, 0.05) is 35.2 Å². The number of amides is 2. The molecule has 1 heterocycles. The molecule has 4 nitrogen and oxygen atoms in total. The fourth-order valence-corrected chi connectivity index (χ4v) is 4.33. The zero-order valence-electron chi connectivity index (χ0n) is 16.5.